The molecule has 4 rings (SSSR count). The number of hydrogen-bond donors (Lipinski definition) is 1. The molecule has 2 aromatic rings. The molecule has 0 saturated heterocycles. The summed E-state index contributed by atoms with van der Waals surface area (Å²) in [6.45, 7) is 5.06. The van der Waals surface area contributed by atoms with Gasteiger partial charge >= 0.3 is 0 Å². The van der Waals surface area contributed by atoms with Gasteiger partial charge in [0.1, 0.15) is 5.65 Å². The number of rotatable bonds is 7. The Balaban J connectivity index is 0.00000225. The zero-order valence-corrected chi connectivity index (χ0v) is 16.5. The Labute approximate surface area is 163 Å². The monoisotopic (exact) mass is 371 g/mol. The van der Waals surface area contributed by atoms with Gasteiger partial charge in [0, 0.05) is 31.7 Å². The lowest BCUT2D eigenvalue weighted by molar-refractivity contribution is 0.0209. The van der Waals surface area contributed by atoms with Gasteiger partial charge in [0.05, 0.1) is 11.7 Å². The van der Waals surface area contributed by atoms with Crippen molar-refractivity contribution in [2.24, 2.45) is 0 Å². The molecule has 2 saturated carbocycles. The highest BCUT2D eigenvalue weighted by Gasteiger charge is 2.28. The van der Waals surface area contributed by atoms with Crippen molar-refractivity contribution in [2.75, 3.05) is 6.61 Å². The Morgan fingerprint density at radius 2 is 2.07 bits per heavy atom. The normalized spacial score (nSPS) is 22.9. The van der Waals surface area contributed by atoms with Crippen LogP contribution in [0.4, 0.5) is 0 Å². The summed E-state index contributed by atoms with van der Waals surface area (Å²) in [5.41, 5.74) is 3.77. The number of aromatic nitrogens is 2. The summed E-state index contributed by atoms with van der Waals surface area (Å²) in [6, 6.07) is 4.32. The number of amides is 1. The predicted octanol–water partition coefficient (Wildman–Crippen LogP) is 4.62. The average molecular weight is 372 g/mol. The van der Waals surface area contributed by atoms with Gasteiger partial charge in [-0.2, -0.15) is 0 Å². The van der Waals surface area contributed by atoms with E-state index in [2.05, 4.69) is 27.7 Å². The number of ether oxygens (including phenoxy) is 1. The first-order chi connectivity index (χ1) is 13.2. The topological polar surface area (TPSA) is 55.6 Å². The maximum atomic E-state index is 12.9. The average Bonchev–Trinajstić information content (AvgIpc) is 3.42. The van der Waals surface area contributed by atoms with Gasteiger partial charge in [0.15, 0.2) is 0 Å². The fourth-order valence-corrected chi connectivity index (χ4v) is 4.13. The molecule has 2 aromatic heterocycles. The quantitative estimate of drug-likeness (QED) is 0.722. The number of nitrogens with zero attached hydrogens (tertiary/aromatic N) is 2. The van der Waals surface area contributed by atoms with Crippen LogP contribution in [0.25, 0.3) is 5.65 Å². The van der Waals surface area contributed by atoms with Crippen molar-refractivity contribution in [1.29, 1.82) is 0 Å². The molecule has 148 valence electrons. The van der Waals surface area contributed by atoms with Crippen LogP contribution in [0.5, 0.6) is 0 Å². The van der Waals surface area contributed by atoms with E-state index >= 15 is 0 Å². The lowest BCUT2D eigenvalue weighted by Gasteiger charge is -2.29. The Morgan fingerprint density at radius 1 is 1.30 bits per heavy atom. The zero-order valence-electron chi connectivity index (χ0n) is 16.5. The molecular weight excluding hydrogens is 338 g/mol. The zero-order chi connectivity index (χ0) is 18.8. The number of unbranched alkanes of at least 4 members (excludes halogenated alkanes) is 1. The second-order valence-corrected chi connectivity index (χ2v) is 8.19. The Morgan fingerprint density at radius 3 is 2.78 bits per heavy atom. The minimum atomic E-state index is 0. The molecule has 2 aliphatic rings. The van der Waals surface area contributed by atoms with Crippen LogP contribution in [0.3, 0.4) is 0 Å². The molecular formula is C22H33N3O2. The summed E-state index contributed by atoms with van der Waals surface area (Å²) < 4.78 is 8.04. The molecule has 0 radical (unpaired) electrons. The third-order valence-corrected chi connectivity index (χ3v) is 5.88. The minimum absolute atomic E-state index is 0. The van der Waals surface area contributed by atoms with Crippen molar-refractivity contribution < 1.29 is 11.0 Å². The SMILES string of the molecule is CCCCOC1CCC(NC(=O)c2ccn3c(C4CC4)cc(C)nc23)CC1.[HH]. The molecule has 2 heterocycles. The molecule has 5 heteroatoms. The van der Waals surface area contributed by atoms with Crippen LogP contribution in [0.1, 0.15) is 87.4 Å². The van der Waals surface area contributed by atoms with Gasteiger partial charge in [0.2, 0.25) is 0 Å². The molecule has 0 bridgehead atoms. The predicted molar refractivity (Wildman–Crippen MR) is 108 cm³/mol. The van der Waals surface area contributed by atoms with Crippen molar-refractivity contribution in [2.45, 2.75) is 83.3 Å². The largest absolute Gasteiger partial charge is 0.378 e. The molecule has 1 amide bonds. The minimum Gasteiger partial charge on any atom is -0.378 e. The smallest absolute Gasteiger partial charge is 0.255 e. The molecule has 1 N–H and O–H groups in total. The molecule has 0 atom stereocenters. The van der Waals surface area contributed by atoms with E-state index in [1.54, 1.807) is 0 Å². The maximum absolute atomic E-state index is 12.9. The van der Waals surface area contributed by atoms with Gasteiger partial charge in [-0.1, -0.05) is 13.3 Å². The fraction of sp³-hybridized carbons (Fsp3) is 0.636. The number of nitrogens with one attached hydrogen (secondary N) is 1. The van der Waals surface area contributed by atoms with E-state index in [4.69, 9.17) is 4.74 Å². The molecule has 0 aliphatic heterocycles. The standard InChI is InChI=1S/C22H31N3O2.H2/c1-3-4-13-27-18-9-7-17(8-10-18)24-22(26)19-11-12-25-20(16-5-6-16)14-15(2)23-21(19)25;/h11-12,14,16-18H,3-10,13H2,1-2H3,(H,24,26);1H. The second kappa shape index (κ2) is 8.01. The second-order valence-electron chi connectivity index (χ2n) is 8.19. The number of hydrogen-bond acceptors (Lipinski definition) is 3. The highest BCUT2D eigenvalue weighted by atomic mass is 16.5. The number of carbonyl (C=O) groups is 1. The van der Waals surface area contributed by atoms with E-state index in [0.29, 0.717) is 17.6 Å². The summed E-state index contributed by atoms with van der Waals surface area (Å²) in [6.07, 6.45) is 11.2. The lowest BCUT2D eigenvalue weighted by Crippen LogP contribution is -2.39. The van der Waals surface area contributed by atoms with Gasteiger partial charge in [0.25, 0.3) is 5.91 Å². The third kappa shape index (κ3) is 4.18. The number of aryl methyl sites for hydroxylation is 1. The van der Waals surface area contributed by atoms with Crippen LogP contribution in [0.2, 0.25) is 0 Å². The van der Waals surface area contributed by atoms with E-state index in [1.165, 1.54) is 25.0 Å². The first-order valence-corrected chi connectivity index (χ1v) is 10.6. The van der Waals surface area contributed by atoms with Crippen LogP contribution in [-0.2, 0) is 4.74 Å². The van der Waals surface area contributed by atoms with Gasteiger partial charge < -0.3 is 14.5 Å². The number of fused-ring (bicyclic) bond motifs is 1. The van der Waals surface area contributed by atoms with Crippen molar-refractivity contribution in [3.05, 3.63) is 35.3 Å². The van der Waals surface area contributed by atoms with Gasteiger partial charge in [-0.15, -0.1) is 0 Å². The molecule has 27 heavy (non-hydrogen) atoms. The highest BCUT2D eigenvalue weighted by Crippen LogP contribution is 2.40. The van der Waals surface area contributed by atoms with Crippen molar-refractivity contribution in [3.63, 3.8) is 0 Å². The van der Waals surface area contributed by atoms with Crippen molar-refractivity contribution in [1.82, 2.24) is 14.7 Å². The summed E-state index contributed by atoms with van der Waals surface area (Å²) in [7, 11) is 0. The summed E-state index contributed by atoms with van der Waals surface area (Å²) >= 11 is 0. The highest BCUT2D eigenvalue weighted by molar-refractivity contribution is 6.00. The first-order valence-electron chi connectivity index (χ1n) is 10.6. The van der Waals surface area contributed by atoms with E-state index in [1.807, 2.05) is 19.2 Å². The van der Waals surface area contributed by atoms with Crippen molar-refractivity contribution >= 4 is 11.6 Å². The molecule has 5 nitrogen and oxygen atoms in total. The molecule has 2 aliphatic carbocycles. The Kier molecular flexibility index (Phi) is 5.48. The van der Waals surface area contributed by atoms with Gasteiger partial charge in [-0.25, -0.2) is 4.98 Å². The fourth-order valence-electron chi connectivity index (χ4n) is 4.13. The van der Waals surface area contributed by atoms with Crippen LogP contribution in [0, 0.1) is 6.92 Å². The maximum Gasteiger partial charge on any atom is 0.255 e. The van der Waals surface area contributed by atoms with Crippen LogP contribution in [-0.4, -0.2) is 34.0 Å². The molecule has 2 fully saturated rings. The first kappa shape index (κ1) is 18.5. The van der Waals surface area contributed by atoms with E-state index in [-0.39, 0.29) is 13.4 Å². The summed E-state index contributed by atoms with van der Waals surface area (Å²) in [5, 5.41) is 3.24. The molecule has 0 aromatic carbocycles. The van der Waals surface area contributed by atoms with E-state index in [0.717, 1.165) is 50.1 Å². The molecule has 0 spiro atoms. The third-order valence-electron chi connectivity index (χ3n) is 5.88. The van der Waals surface area contributed by atoms with E-state index in [9.17, 15) is 4.79 Å². The number of carbonyl (C=O) groups excluding carboxylic acids is 1. The summed E-state index contributed by atoms with van der Waals surface area (Å²) in [4.78, 5) is 17.5. The van der Waals surface area contributed by atoms with Gasteiger partial charge in [-0.05, 0) is 69.9 Å². The van der Waals surface area contributed by atoms with Crippen LogP contribution >= 0.6 is 0 Å². The van der Waals surface area contributed by atoms with Crippen LogP contribution < -0.4 is 5.32 Å². The molecule has 0 unspecified atom stereocenters. The van der Waals surface area contributed by atoms with Crippen molar-refractivity contribution in [3.8, 4) is 0 Å². The van der Waals surface area contributed by atoms with E-state index < -0.39 is 0 Å². The Hall–Kier alpha value is -1.88. The van der Waals surface area contributed by atoms with Gasteiger partial charge in [-0.3, -0.25) is 4.79 Å². The lowest BCUT2D eigenvalue weighted by atomic mass is 9.92. The summed E-state index contributed by atoms with van der Waals surface area (Å²) in [5.74, 6) is 0.633. The van der Waals surface area contributed by atoms with Crippen LogP contribution in [0.15, 0.2) is 18.3 Å². The Bertz CT molecular complexity index is 807.